The Morgan fingerprint density at radius 3 is 2.05 bits per heavy atom. The van der Waals surface area contributed by atoms with Gasteiger partial charge in [0.05, 0.1) is 5.56 Å². The minimum atomic E-state index is -1.03. The molecule has 0 amide bonds. The maximum absolute atomic E-state index is 13.4. The van der Waals surface area contributed by atoms with Crippen molar-refractivity contribution >= 4 is 35.1 Å². The number of ether oxygens (including phenoxy) is 1. The van der Waals surface area contributed by atoms with Crippen LogP contribution in [0.4, 0.5) is 0 Å². The summed E-state index contributed by atoms with van der Waals surface area (Å²) in [5.41, 5.74) is 3.72. The van der Waals surface area contributed by atoms with Gasteiger partial charge in [0.15, 0.2) is 11.6 Å². The first-order valence-electron chi connectivity index (χ1n) is 12.5. The van der Waals surface area contributed by atoms with E-state index in [1.165, 1.54) is 12.1 Å². The van der Waals surface area contributed by atoms with Crippen LogP contribution in [0.25, 0.3) is 0 Å². The smallest absolute Gasteiger partial charge is 0.335 e. The van der Waals surface area contributed by atoms with Crippen molar-refractivity contribution in [2.45, 2.75) is 51.0 Å². The summed E-state index contributed by atoms with van der Waals surface area (Å²) in [6.45, 7) is -0.178. The number of halogens is 1. The minimum Gasteiger partial charge on any atom is -0.489 e. The molecule has 0 spiro atoms. The van der Waals surface area contributed by atoms with Crippen molar-refractivity contribution in [3.05, 3.63) is 86.7 Å². The summed E-state index contributed by atoms with van der Waals surface area (Å²) in [4.78, 5) is 51.4. The number of aliphatic carboxylic acids is 1. The Balaban J connectivity index is 1.61. The van der Waals surface area contributed by atoms with Crippen molar-refractivity contribution in [1.82, 2.24) is 4.90 Å². The molecule has 0 atom stereocenters. The fourth-order valence-corrected chi connectivity index (χ4v) is 5.82. The van der Waals surface area contributed by atoms with Gasteiger partial charge in [0, 0.05) is 51.9 Å². The van der Waals surface area contributed by atoms with Crippen LogP contribution in [-0.4, -0.2) is 45.2 Å². The van der Waals surface area contributed by atoms with Crippen LogP contribution in [-0.2, 0) is 21.0 Å². The first-order valence-corrected chi connectivity index (χ1v) is 12.9. The highest BCUT2D eigenvalue weighted by atomic mass is 35.5. The zero-order chi connectivity index (χ0) is 27.0. The molecule has 0 fully saturated rings. The molecule has 0 unspecified atom stereocenters. The Hall–Kier alpha value is -3.91. The summed E-state index contributed by atoms with van der Waals surface area (Å²) < 4.78 is 6.17. The van der Waals surface area contributed by atoms with E-state index in [1.807, 2.05) is 0 Å². The highest BCUT2D eigenvalue weighted by molar-refractivity contribution is 6.30. The molecule has 38 heavy (non-hydrogen) atoms. The van der Waals surface area contributed by atoms with E-state index in [0.717, 1.165) is 5.56 Å². The fraction of sp³-hybridized carbons (Fsp3) is 0.310. The van der Waals surface area contributed by atoms with Crippen molar-refractivity contribution in [3.8, 4) is 5.75 Å². The summed E-state index contributed by atoms with van der Waals surface area (Å²) in [6, 6.07) is 11.4. The Kier molecular flexibility index (Phi) is 7.08. The minimum absolute atomic E-state index is 0.105. The van der Waals surface area contributed by atoms with E-state index in [4.69, 9.17) is 21.4 Å². The van der Waals surface area contributed by atoms with Crippen LogP contribution in [0.2, 0.25) is 5.02 Å². The number of nitrogens with zero attached hydrogens (tertiary/aromatic N) is 1. The molecule has 1 heterocycles. The molecule has 2 aliphatic carbocycles. The van der Waals surface area contributed by atoms with Gasteiger partial charge in [-0.3, -0.25) is 14.4 Å². The summed E-state index contributed by atoms with van der Waals surface area (Å²) in [6.07, 6.45) is 2.95. The average Bonchev–Trinajstić information content (AvgIpc) is 2.88. The summed E-state index contributed by atoms with van der Waals surface area (Å²) in [5, 5.41) is 19.2. The number of allylic oxidation sites excluding steroid dienone is 4. The summed E-state index contributed by atoms with van der Waals surface area (Å²) in [7, 11) is 0. The van der Waals surface area contributed by atoms with Crippen LogP contribution in [0, 0.1) is 0 Å². The maximum Gasteiger partial charge on any atom is 0.335 e. The van der Waals surface area contributed by atoms with E-state index in [-0.39, 0.29) is 30.3 Å². The second-order valence-electron chi connectivity index (χ2n) is 9.66. The predicted molar refractivity (Wildman–Crippen MR) is 138 cm³/mol. The van der Waals surface area contributed by atoms with E-state index < -0.39 is 17.9 Å². The third-order valence-electron chi connectivity index (χ3n) is 7.26. The third kappa shape index (κ3) is 4.84. The molecule has 2 N–H and O–H groups in total. The number of carboxylic acids is 2. The van der Waals surface area contributed by atoms with Gasteiger partial charge in [-0.25, -0.2) is 4.79 Å². The van der Waals surface area contributed by atoms with Gasteiger partial charge in [-0.05, 0) is 61.6 Å². The van der Waals surface area contributed by atoms with Gasteiger partial charge in [-0.2, -0.15) is 0 Å². The number of benzene rings is 2. The lowest BCUT2D eigenvalue weighted by Crippen LogP contribution is -2.41. The number of ketones is 2. The van der Waals surface area contributed by atoms with Crippen molar-refractivity contribution in [2.24, 2.45) is 0 Å². The lowest BCUT2D eigenvalue weighted by Gasteiger charge is -2.43. The molecule has 5 rings (SSSR count). The van der Waals surface area contributed by atoms with Gasteiger partial charge in [-0.15, -0.1) is 0 Å². The van der Waals surface area contributed by atoms with Gasteiger partial charge >= 0.3 is 11.9 Å². The maximum atomic E-state index is 13.4. The number of rotatable bonds is 7. The Morgan fingerprint density at radius 2 is 1.50 bits per heavy atom. The molecule has 0 aromatic heterocycles. The molecule has 8 nitrogen and oxygen atoms in total. The molecular formula is C29H26ClNO7. The summed E-state index contributed by atoms with van der Waals surface area (Å²) >= 11 is 6.42. The second-order valence-corrected chi connectivity index (χ2v) is 10.1. The Labute approximate surface area is 224 Å². The lowest BCUT2D eigenvalue weighted by molar-refractivity contribution is -0.138. The fourth-order valence-electron chi connectivity index (χ4n) is 5.63. The van der Waals surface area contributed by atoms with Crippen LogP contribution >= 0.6 is 11.6 Å². The standard InChI is InChI=1S/C29H26ClNO7/c30-18-11-12-24(38-15-16-7-9-17(10-8-16)29(36)37)19(13-18)26-27-20(3-1-5-22(27)32)31(14-25(34)35)21-4-2-6-23(33)28(21)26/h7-13,26H,1-6,14-15H2,(H,34,35)(H,36,37). The molecule has 196 valence electrons. The number of aromatic carboxylic acids is 1. The largest absolute Gasteiger partial charge is 0.489 e. The molecular weight excluding hydrogens is 510 g/mol. The number of carboxylic acid groups (broad SMARTS) is 2. The van der Waals surface area contributed by atoms with Gasteiger partial charge in [0.2, 0.25) is 0 Å². The predicted octanol–water partition coefficient (Wildman–Crippen LogP) is 5.12. The first-order chi connectivity index (χ1) is 18.2. The summed E-state index contributed by atoms with van der Waals surface area (Å²) in [5.74, 6) is -2.51. The average molecular weight is 536 g/mol. The molecule has 0 saturated heterocycles. The second kappa shape index (κ2) is 10.5. The van der Waals surface area contributed by atoms with Crippen LogP contribution in [0.15, 0.2) is 65.0 Å². The highest BCUT2D eigenvalue weighted by Crippen LogP contribution is 2.51. The molecule has 0 saturated carbocycles. The van der Waals surface area contributed by atoms with Crippen molar-refractivity contribution < 1.29 is 34.1 Å². The topological polar surface area (TPSA) is 121 Å². The van der Waals surface area contributed by atoms with Crippen LogP contribution in [0.1, 0.15) is 65.9 Å². The van der Waals surface area contributed by atoms with Crippen LogP contribution in [0.3, 0.4) is 0 Å². The van der Waals surface area contributed by atoms with E-state index in [1.54, 1.807) is 35.2 Å². The number of hydrogen-bond donors (Lipinski definition) is 2. The van der Waals surface area contributed by atoms with E-state index in [9.17, 15) is 24.3 Å². The highest BCUT2D eigenvalue weighted by Gasteiger charge is 2.44. The van der Waals surface area contributed by atoms with Crippen molar-refractivity contribution in [2.75, 3.05) is 6.54 Å². The van der Waals surface area contributed by atoms with Crippen molar-refractivity contribution in [3.63, 3.8) is 0 Å². The lowest BCUT2D eigenvalue weighted by atomic mass is 9.70. The normalized spacial score (nSPS) is 17.9. The molecule has 3 aliphatic rings. The van der Waals surface area contributed by atoms with Crippen LogP contribution < -0.4 is 4.74 Å². The molecule has 0 radical (unpaired) electrons. The molecule has 2 aromatic carbocycles. The number of hydrogen-bond acceptors (Lipinski definition) is 6. The number of Topliss-reactive ketones (excluding diaryl/α,β-unsaturated/α-hetero) is 2. The first kappa shape index (κ1) is 25.7. The zero-order valence-electron chi connectivity index (χ0n) is 20.5. The quantitative estimate of drug-likeness (QED) is 0.501. The van der Waals surface area contributed by atoms with Gasteiger partial charge < -0.3 is 19.8 Å². The molecule has 9 heteroatoms. The number of carbonyl (C=O) groups excluding carboxylic acids is 2. The van der Waals surface area contributed by atoms with E-state index >= 15 is 0 Å². The van der Waals surface area contributed by atoms with E-state index in [0.29, 0.717) is 77.4 Å². The van der Waals surface area contributed by atoms with Crippen molar-refractivity contribution in [1.29, 1.82) is 0 Å². The molecule has 1 aliphatic heterocycles. The SMILES string of the molecule is O=C(O)CN1C2=C(C(=O)CCC2)C(c2cc(Cl)ccc2OCc2ccc(C(=O)O)cc2)C2=C1CCCC2=O. The van der Waals surface area contributed by atoms with Gasteiger partial charge in [0.1, 0.15) is 18.9 Å². The van der Waals surface area contributed by atoms with Crippen LogP contribution in [0.5, 0.6) is 5.75 Å². The molecule has 0 bridgehead atoms. The Morgan fingerprint density at radius 1 is 0.895 bits per heavy atom. The third-order valence-corrected chi connectivity index (χ3v) is 7.49. The zero-order valence-corrected chi connectivity index (χ0v) is 21.3. The number of carbonyl (C=O) groups is 4. The monoisotopic (exact) mass is 535 g/mol. The Bertz CT molecular complexity index is 1360. The van der Waals surface area contributed by atoms with Gasteiger partial charge in [0.25, 0.3) is 0 Å². The molecule has 2 aromatic rings. The van der Waals surface area contributed by atoms with Gasteiger partial charge in [-0.1, -0.05) is 23.7 Å². The van der Waals surface area contributed by atoms with E-state index in [2.05, 4.69) is 0 Å².